The van der Waals surface area contributed by atoms with Crippen molar-refractivity contribution >= 4 is 38.4 Å². The first-order valence-corrected chi connectivity index (χ1v) is 7.81. The lowest BCUT2D eigenvalue weighted by atomic mass is 10.1. The lowest BCUT2D eigenvalue weighted by Crippen LogP contribution is -2.43. The summed E-state index contributed by atoms with van der Waals surface area (Å²) in [6, 6.07) is 7.66. The summed E-state index contributed by atoms with van der Waals surface area (Å²) in [5.74, 6) is 0. The van der Waals surface area contributed by atoms with Crippen molar-refractivity contribution in [2.45, 2.75) is 26.3 Å². The molecule has 4 nitrogen and oxygen atoms in total. The van der Waals surface area contributed by atoms with Crippen LogP contribution in [0.2, 0.25) is 0 Å². The van der Waals surface area contributed by atoms with Gasteiger partial charge in [0.15, 0.2) is 5.13 Å². The number of thiazole rings is 1. The Morgan fingerprint density at radius 1 is 1.25 bits per heavy atom. The molecule has 1 heterocycles. The van der Waals surface area contributed by atoms with E-state index >= 15 is 0 Å². The average Bonchev–Trinajstić information content (AvgIpc) is 2.75. The molecule has 2 N–H and O–H groups in total. The first kappa shape index (κ1) is 15.0. The van der Waals surface area contributed by atoms with Gasteiger partial charge in [-0.2, -0.15) is 0 Å². The van der Waals surface area contributed by atoms with Gasteiger partial charge in [-0.05, 0) is 32.9 Å². The van der Waals surface area contributed by atoms with E-state index in [9.17, 15) is 4.79 Å². The van der Waals surface area contributed by atoms with Crippen molar-refractivity contribution < 1.29 is 4.79 Å². The molecule has 1 aromatic heterocycles. The molecule has 0 spiro atoms. The number of rotatable bonds is 2. The Labute approximate surface area is 130 Å². The van der Waals surface area contributed by atoms with Crippen LogP contribution in [-0.2, 0) is 0 Å². The molecule has 6 heteroatoms. The summed E-state index contributed by atoms with van der Waals surface area (Å²) in [4.78, 5) is 16.2. The maximum absolute atomic E-state index is 11.8. The van der Waals surface area contributed by atoms with Crippen LogP contribution in [0.4, 0.5) is 9.93 Å². The maximum atomic E-state index is 11.8. The number of carbonyl (C=O) groups is 1. The highest BCUT2D eigenvalue weighted by Gasteiger charge is 2.14. The molecule has 1 aromatic carbocycles. The summed E-state index contributed by atoms with van der Waals surface area (Å²) in [5.41, 5.74) is 1.61. The fraction of sp³-hybridized carbons (Fsp3) is 0.286. The fourth-order valence-electron chi connectivity index (χ4n) is 1.55. The van der Waals surface area contributed by atoms with Crippen LogP contribution in [-0.4, -0.2) is 16.6 Å². The van der Waals surface area contributed by atoms with Crippen LogP contribution in [0.25, 0.3) is 11.3 Å². The van der Waals surface area contributed by atoms with Crippen molar-refractivity contribution in [1.82, 2.24) is 10.3 Å². The van der Waals surface area contributed by atoms with E-state index in [4.69, 9.17) is 0 Å². The maximum Gasteiger partial charge on any atom is 0.321 e. The molecule has 0 unspecified atom stereocenters. The number of nitrogens with zero attached hydrogens (tertiary/aromatic N) is 1. The minimum atomic E-state index is -0.268. The standard InChI is InChI=1S/C14H16BrN3OS/c1-14(2,3)18-12(19)17-13-16-11(8-20-13)9-4-6-10(15)7-5-9/h4-8H,1-3H3,(H2,16,17,18,19). The molecule has 2 amide bonds. The van der Waals surface area contributed by atoms with Crippen molar-refractivity contribution in [2.75, 3.05) is 5.32 Å². The lowest BCUT2D eigenvalue weighted by Gasteiger charge is -2.20. The van der Waals surface area contributed by atoms with Crippen LogP contribution in [0.15, 0.2) is 34.1 Å². The first-order valence-electron chi connectivity index (χ1n) is 6.14. The van der Waals surface area contributed by atoms with Crippen LogP contribution in [0, 0.1) is 0 Å². The fourth-order valence-corrected chi connectivity index (χ4v) is 2.53. The van der Waals surface area contributed by atoms with Crippen LogP contribution in [0.5, 0.6) is 0 Å². The Balaban J connectivity index is 2.06. The number of urea groups is 1. The highest BCUT2D eigenvalue weighted by atomic mass is 79.9. The third-order valence-corrected chi connectivity index (χ3v) is 3.64. The number of halogens is 1. The van der Waals surface area contributed by atoms with Crippen molar-refractivity contribution in [2.24, 2.45) is 0 Å². The molecule has 0 saturated carbocycles. The van der Waals surface area contributed by atoms with Gasteiger partial charge in [0.05, 0.1) is 5.69 Å². The number of carbonyl (C=O) groups excluding carboxylic acids is 1. The molecular formula is C14H16BrN3OS. The van der Waals surface area contributed by atoms with Gasteiger partial charge in [-0.3, -0.25) is 5.32 Å². The summed E-state index contributed by atoms with van der Waals surface area (Å²) >= 11 is 4.81. The minimum absolute atomic E-state index is 0.241. The smallest absolute Gasteiger partial charge is 0.321 e. The number of hydrogen-bond donors (Lipinski definition) is 2. The van der Waals surface area contributed by atoms with Gasteiger partial charge in [-0.15, -0.1) is 11.3 Å². The number of nitrogens with one attached hydrogen (secondary N) is 2. The molecular weight excluding hydrogens is 338 g/mol. The molecule has 0 radical (unpaired) electrons. The Bertz CT molecular complexity index is 602. The van der Waals surface area contributed by atoms with Crippen molar-refractivity contribution in [3.63, 3.8) is 0 Å². The van der Waals surface area contributed by atoms with E-state index in [1.165, 1.54) is 11.3 Å². The summed E-state index contributed by atoms with van der Waals surface area (Å²) < 4.78 is 1.03. The Kier molecular flexibility index (Phi) is 4.45. The summed E-state index contributed by atoms with van der Waals surface area (Å²) in [6.07, 6.45) is 0. The molecule has 0 fully saturated rings. The van der Waals surface area contributed by atoms with Gasteiger partial charge in [0, 0.05) is 21.0 Å². The zero-order chi connectivity index (χ0) is 14.8. The number of aromatic nitrogens is 1. The van der Waals surface area contributed by atoms with E-state index in [1.807, 2.05) is 50.4 Å². The lowest BCUT2D eigenvalue weighted by molar-refractivity contribution is 0.244. The van der Waals surface area contributed by atoms with Gasteiger partial charge in [-0.25, -0.2) is 9.78 Å². The molecule has 106 valence electrons. The second-order valence-corrected chi connectivity index (χ2v) is 7.15. The van der Waals surface area contributed by atoms with E-state index in [1.54, 1.807) is 0 Å². The molecule has 0 atom stereocenters. The second-order valence-electron chi connectivity index (χ2n) is 5.37. The zero-order valence-corrected chi connectivity index (χ0v) is 13.9. The zero-order valence-electron chi connectivity index (χ0n) is 11.5. The predicted octanol–water partition coefficient (Wildman–Crippen LogP) is 4.49. The molecule has 2 aromatic rings. The first-order chi connectivity index (χ1) is 9.33. The monoisotopic (exact) mass is 353 g/mol. The van der Waals surface area contributed by atoms with E-state index in [0.29, 0.717) is 5.13 Å². The third-order valence-electron chi connectivity index (χ3n) is 2.35. The van der Waals surface area contributed by atoms with Gasteiger partial charge in [0.2, 0.25) is 0 Å². The number of hydrogen-bond acceptors (Lipinski definition) is 3. The highest BCUT2D eigenvalue weighted by molar-refractivity contribution is 9.10. The topological polar surface area (TPSA) is 54.0 Å². The van der Waals surface area contributed by atoms with Crippen LogP contribution in [0.1, 0.15) is 20.8 Å². The average molecular weight is 354 g/mol. The van der Waals surface area contributed by atoms with E-state index < -0.39 is 0 Å². The van der Waals surface area contributed by atoms with Crippen LogP contribution in [0.3, 0.4) is 0 Å². The summed E-state index contributed by atoms with van der Waals surface area (Å²) in [5, 5.41) is 8.10. The molecule has 0 aliphatic heterocycles. The van der Waals surface area contributed by atoms with Crippen molar-refractivity contribution in [3.05, 3.63) is 34.1 Å². The van der Waals surface area contributed by atoms with Gasteiger partial charge in [-0.1, -0.05) is 28.1 Å². The molecule has 0 saturated heterocycles. The Morgan fingerprint density at radius 3 is 2.50 bits per heavy atom. The summed E-state index contributed by atoms with van der Waals surface area (Å²) in [6.45, 7) is 5.80. The number of amides is 2. The predicted molar refractivity (Wildman–Crippen MR) is 87.2 cm³/mol. The van der Waals surface area contributed by atoms with Gasteiger partial charge >= 0.3 is 6.03 Å². The SMILES string of the molecule is CC(C)(C)NC(=O)Nc1nc(-c2ccc(Br)cc2)cs1. The normalized spacial score (nSPS) is 11.2. The molecule has 0 bridgehead atoms. The van der Waals surface area contributed by atoms with E-state index in [2.05, 4.69) is 31.5 Å². The van der Waals surface area contributed by atoms with Gasteiger partial charge < -0.3 is 5.32 Å². The molecule has 0 aliphatic carbocycles. The van der Waals surface area contributed by atoms with E-state index in [0.717, 1.165) is 15.7 Å². The van der Waals surface area contributed by atoms with Gasteiger partial charge in [0.25, 0.3) is 0 Å². The van der Waals surface area contributed by atoms with E-state index in [-0.39, 0.29) is 11.6 Å². The number of anilines is 1. The number of benzene rings is 1. The van der Waals surface area contributed by atoms with Crippen LogP contribution >= 0.6 is 27.3 Å². The Morgan fingerprint density at radius 2 is 1.90 bits per heavy atom. The minimum Gasteiger partial charge on any atom is -0.333 e. The summed E-state index contributed by atoms with van der Waals surface area (Å²) in [7, 11) is 0. The van der Waals surface area contributed by atoms with Crippen molar-refractivity contribution in [3.8, 4) is 11.3 Å². The highest BCUT2D eigenvalue weighted by Crippen LogP contribution is 2.26. The largest absolute Gasteiger partial charge is 0.333 e. The van der Waals surface area contributed by atoms with Crippen LogP contribution < -0.4 is 10.6 Å². The van der Waals surface area contributed by atoms with Crippen molar-refractivity contribution in [1.29, 1.82) is 0 Å². The molecule has 0 aliphatic rings. The molecule has 2 rings (SSSR count). The second kappa shape index (κ2) is 5.93. The Hall–Kier alpha value is -1.40. The van der Waals surface area contributed by atoms with Gasteiger partial charge in [0.1, 0.15) is 0 Å². The third kappa shape index (κ3) is 4.31. The quantitative estimate of drug-likeness (QED) is 0.835. The molecule has 20 heavy (non-hydrogen) atoms.